The zero-order chi connectivity index (χ0) is 19.3. The molecule has 0 saturated heterocycles. The Kier molecular flexibility index (Phi) is 5.58. The Morgan fingerprint density at radius 3 is 2.86 bits per heavy atom. The van der Waals surface area contributed by atoms with Crippen molar-refractivity contribution in [2.45, 2.75) is 24.9 Å². The van der Waals surface area contributed by atoms with Gasteiger partial charge in [-0.15, -0.1) is 0 Å². The minimum atomic E-state index is -0.146. The highest BCUT2D eigenvalue weighted by Gasteiger charge is 2.16. The fraction of sp³-hybridized carbons (Fsp3) is 0.227. The molecule has 0 saturated carbocycles. The van der Waals surface area contributed by atoms with Gasteiger partial charge in [0.05, 0.1) is 12.3 Å². The lowest BCUT2D eigenvalue weighted by molar-refractivity contribution is -0.143. The minimum absolute atomic E-state index is 0.146. The number of benzene rings is 2. The van der Waals surface area contributed by atoms with E-state index >= 15 is 0 Å². The van der Waals surface area contributed by atoms with Gasteiger partial charge in [-0.25, -0.2) is 9.97 Å². The van der Waals surface area contributed by atoms with Gasteiger partial charge in [-0.1, -0.05) is 48.2 Å². The summed E-state index contributed by atoms with van der Waals surface area (Å²) in [5.41, 5.74) is 2.77. The Morgan fingerprint density at radius 2 is 1.96 bits per heavy atom. The van der Waals surface area contributed by atoms with Crippen molar-refractivity contribution in [2.75, 3.05) is 12.4 Å². The van der Waals surface area contributed by atoms with Crippen LogP contribution < -0.4 is 0 Å². The molecule has 142 valence electrons. The van der Waals surface area contributed by atoms with Gasteiger partial charge >= 0.3 is 5.97 Å². The molecule has 0 radical (unpaired) electrons. The number of nitrogens with zero attached hydrogens (tertiary/aromatic N) is 3. The third-order valence-corrected chi connectivity index (χ3v) is 5.48. The van der Waals surface area contributed by atoms with Crippen LogP contribution in [0.1, 0.15) is 19.8 Å². The molecule has 4 rings (SSSR count). The number of hydrogen-bond acceptors (Lipinski definition) is 5. The zero-order valence-electron chi connectivity index (χ0n) is 15.7. The first kappa shape index (κ1) is 18.5. The van der Waals surface area contributed by atoms with Gasteiger partial charge in [-0.3, -0.25) is 9.36 Å². The van der Waals surface area contributed by atoms with Crippen molar-refractivity contribution in [2.24, 2.45) is 0 Å². The van der Waals surface area contributed by atoms with Gasteiger partial charge in [-0.05, 0) is 36.9 Å². The molecule has 0 aliphatic carbocycles. The number of ether oxygens (including phenoxy) is 1. The summed E-state index contributed by atoms with van der Waals surface area (Å²) in [6.07, 6.45) is 2.96. The monoisotopic (exact) mass is 391 g/mol. The molecule has 6 heteroatoms. The van der Waals surface area contributed by atoms with Crippen LogP contribution in [0, 0.1) is 0 Å². The molecule has 0 aliphatic rings. The molecule has 0 N–H and O–H groups in total. The number of pyridine rings is 1. The first-order valence-electron chi connectivity index (χ1n) is 9.38. The lowest BCUT2D eigenvalue weighted by Gasteiger charge is -2.11. The van der Waals surface area contributed by atoms with Crippen LogP contribution in [0.3, 0.4) is 0 Å². The van der Waals surface area contributed by atoms with E-state index in [9.17, 15) is 4.79 Å². The lowest BCUT2D eigenvalue weighted by atomic mass is 10.1. The maximum atomic E-state index is 11.6. The van der Waals surface area contributed by atoms with Crippen LogP contribution in [-0.4, -0.2) is 32.9 Å². The van der Waals surface area contributed by atoms with Crippen molar-refractivity contribution in [1.82, 2.24) is 14.5 Å². The third kappa shape index (κ3) is 3.73. The molecule has 4 aromatic rings. The van der Waals surface area contributed by atoms with E-state index in [1.165, 1.54) is 5.39 Å². The molecule has 0 aliphatic heterocycles. The minimum Gasteiger partial charge on any atom is -0.466 e. The van der Waals surface area contributed by atoms with Crippen LogP contribution in [0.4, 0.5) is 0 Å². The van der Waals surface area contributed by atoms with Crippen molar-refractivity contribution in [3.05, 3.63) is 60.8 Å². The number of aromatic nitrogens is 3. The molecule has 2 aromatic carbocycles. The molecule has 0 spiro atoms. The molecule has 0 atom stereocenters. The molecular weight excluding hydrogens is 370 g/mol. The summed E-state index contributed by atoms with van der Waals surface area (Å²) >= 11 is 1.64. The molecule has 0 fully saturated rings. The van der Waals surface area contributed by atoms with Gasteiger partial charge in [-0.2, -0.15) is 0 Å². The van der Waals surface area contributed by atoms with Crippen molar-refractivity contribution in [3.63, 3.8) is 0 Å². The van der Waals surface area contributed by atoms with Crippen LogP contribution in [0.2, 0.25) is 0 Å². The molecule has 5 nitrogen and oxygen atoms in total. The standard InChI is InChI=1S/C22H21N3O2S/c1-2-27-20(26)13-7-15-28-22-24-18-11-6-14-23-21(18)25(22)19-12-5-9-16-8-3-4-10-17(16)19/h3-6,8-12,14H,2,7,13,15H2,1H3. The summed E-state index contributed by atoms with van der Waals surface area (Å²) in [5.74, 6) is 0.639. The summed E-state index contributed by atoms with van der Waals surface area (Å²) in [4.78, 5) is 20.9. The first-order valence-corrected chi connectivity index (χ1v) is 10.4. The lowest BCUT2D eigenvalue weighted by Crippen LogP contribution is -2.04. The van der Waals surface area contributed by atoms with Crippen molar-refractivity contribution in [3.8, 4) is 5.69 Å². The Balaban J connectivity index is 1.69. The molecule has 0 bridgehead atoms. The average Bonchev–Trinajstić information content (AvgIpc) is 3.09. The number of esters is 1. The van der Waals surface area contributed by atoms with Gasteiger partial charge in [0.15, 0.2) is 10.8 Å². The Hall–Kier alpha value is -2.86. The Labute approximate surface area is 167 Å². The van der Waals surface area contributed by atoms with Crippen molar-refractivity contribution >= 4 is 39.7 Å². The van der Waals surface area contributed by atoms with Gasteiger partial charge < -0.3 is 4.74 Å². The van der Waals surface area contributed by atoms with E-state index < -0.39 is 0 Å². The maximum Gasteiger partial charge on any atom is 0.305 e. The smallest absolute Gasteiger partial charge is 0.305 e. The van der Waals surface area contributed by atoms with Gasteiger partial charge in [0.2, 0.25) is 0 Å². The van der Waals surface area contributed by atoms with E-state index in [0.717, 1.165) is 39.6 Å². The summed E-state index contributed by atoms with van der Waals surface area (Å²) in [6, 6.07) is 18.5. The number of carbonyl (C=O) groups is 1. The average molecular weight is 391 g/mol. The highest BCUT2D eigenvalue weighted by Crippen LogP contribution is 2.31. The fourth-order valence-electron chi connectivity index (χ4n) is 3.22. The first-order chi connectivity index (χ1) is 13.8. The van der Waals surface area contributed by atoms with E-state index in [1.807, 2.05) is 31.2 Å². The normalized spacial score (nSPS) is 11.2. The quantitative estimate of drug-likeness (QED) is 0.252. The summed E-state index contributed by atoms with van der Waals surface area (Å²) in [7, 11) is 0. The highest BCUT2D eigenvalue weighted by molar-refractivity contribution is 7.99. The van der Waals surface area contributed by atoms with E-state index in [-0.39, 0.29) is 5.97 Å². The highest BCUT2D eigenvalue weighted by atomic mass is 32.2. The van der Waals surface area contributed by atoms with Crippen LogP contribution in [-0.2, 0) is 9.53 Å². The van der Waals surface area contributed by atoms with E-state index in [4.69, 9.17) is 9.72 Å². The Bertz CT molecular complexity index is 1120. The second-order valence-electron chi connectivity index (χ2n) is 6.33. The number of carbonyl (C=O) groups excluding carboxylic acids is 1. The molecule has 2 heterocycles. The molecule has 28 heavy (non-hydrogen) atoms. The number of imidazole rings is 1. The third-order valence-electron chi connectivity index (χ3n) is 4.45. The van der Waals surface area contributed by atoms with Gasteiger partial charge in [0, 0.05) is 23.8 Å². The maximum absolute atomic E-state index is 11.6. The molecule has 0 unspecified atom stereocenters. The number of hydrogen-bond donors (Lipinski definition) is 0. The van der Waals surface area contributed by atoms with Gasteiger partial charge in [0.25, 0.3) is 0 Å². The van der Waals surface area contributed by atoms with Crippen LogP contribution in [0.5, 0.6) is 0 Å². The predicted octanol–water partition coefficient (Wildman–Crippen LogP) is 5.01. The van der Waals surface area contributed by atoms with Crippen LogP contribution in [0.15, 0.2) is 66.0 Å². The molecular formula is C22H21N3O2S. The van der Waals surface area contributed by atoms with Crippen molar-refractivity contribution < 1.29 is 9.53 Å². The zero-order valence-corrected chi connectivity index (χ0v) is 16.5. The van der Waals surface area contributed by atoms with Gasteiger partial charge in [0.1, 0.15) is 5.52 Å². The van der Waals surface area contributed by atoms with E-state index in [2.05, 4.69) is 39.9 Å². The SMILES string of the molecule is CCOC(=O)CCCSc1nc2cccnc2n1-c1cccc2ccccc12. The summed E-state index contributed by atoms with van der Waals surface area (Å²) in [6.45, 7) is 2.25. The second kappa shape index (κ2) is 8.44. The Morgan fingerprint density at radius 1 is 1.11 bits per heavy atom. The molecule has 0 amide bonds. The van der Waals surface area contributed by atoms with E-state index in [0.29, 0.717) is 13.0 Å². The molecule has 2 aromatic heterocycles. The largest absolute Gasteiger partial charge is 0.466 e. The number of rotatable bonds is 7. The summed E-state index contributed by atoms with van der Waals surface area (Å²) in [5, 5.41) is 3.22. The van der Waals surface area contributed by atoms with E-state index in [1.54, 1.807) is 18.0 Å². The fourth-order valence-corrected chi connectivity index (χ4v) is 4.17. The topological polar surface area (TPSA) is 57.0 Å². The van der Waals surface area contributed by atoms with Crippen molar-refractivity contribution in [1.29, 1.82) is 0 Å². The second-order valence-corrected chi connectivity index (χ2v) is 7.39. The van der Waals surface area contributed by atoms with Crippen LogP contribution >= 0.6 is 11.8 Å². The number of thioether (sulfide) groups is 1. The number of fused-ring (bicyclic) bond motifs is 2. The van der Waals surface area contributed by atoms with Crippen LogP contribution in [0.25, 0.3) is 27.6 Å². The summed E-state index contributed by atoms with van der Waals surface area (Å²) < 4.78 is 7.12. The predicted molar refractivity (Wildman–Crippen MR) is 113 cm³/mol.